The summed E-state index contributed by atoms with van der Waals surface area (Å²) in [4.78, 5) is 16.9. The van der Waals surface area contributed by atoms with E-state index in [-0.39, 0.29) is 11.6 Å². The number of amides is 1. The van der Waals surface area contributed by atoms with Gasteiger partial charge in [0.15, 0.2) is 0 Å². The minimum Gasteiger partial charge on any atom is -0.494 e. The molecule has 1 saturated heterocycles. The number of ether oxygens (including phenoxy) is 1. The number of unbranched alkanes of at least 4 members (excludes halogenated alkanes) is 1. The van der Waals surface area contributed by atoms with Crippen LogP contribution in [0.25, 0.3) is 0 Å². The molecule has 5 nitrogen and oxygen atoms in total. The van der Waals surface area contributed by atoms with E-state index in [1.807, 2.05) is 60.7 Å². The summed E-state index contributed by atoms with van der Waals surface area (Å²) in [6.45, 7) is 0.958. The molecular weight excluding hydrogens is 646 g/mol. The van der Waals surface area contributed by atoms with Crippen molar-refractivity contribution in [1.29, 1.82) is 0 Å². The lowest BCUT2D eigenvalue weighted by atomic mass is 9.84. The van der Waals surface area contributed by atoms with Crippen LogP contribution in [0.4, 0.5) is 37.7 Å². The van der Waals surface area contributed by atoms with Gasteiger partial charge in [0, 0.05) is 37.0 Å². The fourth-order valence-electron chi connectivity index (χ4n) is 6.40. The molecule has 0 radical (unpaired) electrons. The van der Waals surface area contributed by atoms with Crippen molar-refractivity contribution in [2.45, 2.75) is 56.5 Å². The van der Waals surface area contributed by atoms with Gasteiger partial charge in [-0.3, -0.25) is 4.79 Å². The maximum absolute atomic E-state index is 14.0. The van der Waals surface area contributed by atoms with Crippen molar-refractivity contribution in [2.75, 3.05) is 37.0 Å². The Kier molecular flexibility index (Phi) is 10.6. The molecule has 0 aliphatic carbocycles. The minimum absolute atomic E-state index is 0.0370. The van der Waals surface area contributed by atoms with Crippen molar-refractivity contribution in [1.82, 2.24) is 0 Å². The number of aryl methyl sites for hydroxylation is 1. The molecule has 260 valence electrons. The topological polar surface area (TPSA) is 53.0 Å². The van der Waals surface area contributed by atoms with Crippen molar-refractivity contribution in [3.8, 4) is 5.75 Å². The highest BCUT2D eigenvalue weighted by Gasteiger charge is 2.38. The number of benzene rings is 4. The zero-order valence-electron chi connectivity index (χ0n) is 27.2. The Bertz CT molecular complexity index is 1700. The third kappa shape index (κ3) is 8.21. The maximum atomic E-state index is 14.0. The molecule has 0 spiro atoms. The van der Waals surface area contributed by atoms with E-state index in [1.165, 1.54) is 7.11 Å². The lowest BCUT2D eigenvalue weighted by molar-refractivity contribution is -0.143. The van der Waals surface area contributed by atoms with Gasteiger partial charge >= 0.3 is 12.4 Å². The Labute approximate surface area is 281 Å². The van der Waals surface area contributed by atoms with E-state index in [1.54, 1.807) is 12.1 Å². The van der Waals surface area contributed by atoms with Crippen molar-refractivity contribution < 1.29 is 41.0 Å². The van der Waals surface area contributed by atoms with Gasteiger partial charge in [0.1, 0.15) is 5.75 Å². The molecule has 11 heteroatoms. The summed E-state index contributed by atoms with van der Waals surface area (Å²) in [5.74, 6) is -0.364. The number of hydrogen-bond acceptors (Lipinski definition) is 4. The Hall–Kier alpha value is -4.51. The number of alkyl halides is 6. The number of carbonyl (C=O) groups excluding carboxylic acids is 1. The van der Waals surface area contributed by atoms with E-state index in [0.717, 1.165) is 35.9 Å². The van der Waals surface area contributed by atoms with Gasteiger partial charge in [0.25, 0.3) is 5.91 Å². The second kappa shape index (κ2) is 14.5. The molecule has 5 rings (SSSR count). The lowest BCUT2D eigenvalue weighted by Gasteiger charge is -2.40. The summed E-state index contributed by atoms with van der Waals surface area (Å²) < 4.78 is 87.8. The molecule has 1 amide bonds. The predicted molar refractivity (Wildman–Crippen MR) is 177 cm³/mol. The van der Waals surface area contributed by atoms with Crippen LogP contribution in [0.2, 0.25) is 0 Å². The van der Waals surface area contributed by atoms with Gasteiger partial charge in [-0.05, 0) is 80.0 Å². The third-order valence-corrected chi connectivity index (χ3v) is 9.17. The van der Waals surface area contributed by atoms with Crippen LogP contribution in [-0.2, 0) is 30.8 Å². The summed E-state index contributed by atoms with van der Waals surface area (Å²) in [5, 5.41) is 11.4. The molecule has 1 aliphatic rings. The Morgan fingerprint density at radius 1 is 0.816 bits per heavy atom. The second-order valence-electron chi connectivity index (χ2n) is 12.3. The number of hydrogen-bond donors (Lipinski definition) is 1. The van der Waals surface area contributed by atoms with E-state index in [9.17, 15) is 36.2 Å². The summed E-state index contributed by atoms with van der Waals surface area (Å²) >= 11 is 0. The van der Waals surface area contributed by atoms with E-state index in [0.29, 0.717) is 67.9 Å². The van der Waals surface area contributed by atoms with Crippen LogP contribution in [0.1, 0.15) is 63.9 Å². The molecule has 0 saturated carbocycles. The summed E-state index contributed by atoms with van der Waals surface area (Å²) in [6.07, 6.45) is -6.70. The van der Waals surface area contributed by atoms with E-state index in [2.05, 4.69) is 4.90 Å². The Morgan fingerprint density at radius 3 is 1.92 bits per heavy atom. The number of nitrogens with zero attached hydrogens (tertiary/aromatic N) is 2. The van der Waals surface area contributed by atoms with Gasteiger partial charge < -0.3 is 19.6 Å². The lowest BCUT2D eigenvalue weighted by Crippen LogP contribution is -2.42. The fourth-order valence-corrected chi connectivity index (χ4v) is 6.40. The molecule has 1 heterocycles. The smallest absolute Gasteiger partial charge is 0.416 e. The van der Waals surface area contributed by atoms with Crippen LogP contribution in [0.15, 0.2) is 91.0 Å². The molecule has 4 aromatic carbocycles. The molecule has 1 N–H and O–H groups in total. The van der Waals surface area contributed by atoms with E-state index in [4.69, 9.17) is 4.74 Å². The van der Waals surface area contributed by atoms with E-state index >= 15 is 0 Å². The normalized spacial score (nSPS) is 14.8. The highest BCUT2D eigenvalue weighted by atomic mass is 19.4. The average molecular weight is 685 g/mol. The second-order valence-corrected chi connectivity index (χ2v) is 12.3. The minimum atomic E-state index is -5.06. The third-order valence-electron chi connectivity index (χ3n) is 9.17. The van der Waals surface area contributed by atoms with Crippen LogP contribution in [0.5, 0.6) is 5.75 Å². The van der Waals surface area contributed by atoms with Crippen LogP contribution in [-0.4, -0.2) is 38.3 Å². The van der Waals surface area contributed by atoms with Gasteiger partial charge in [-0.25, -0.2) is 0 Å². The average Bonchev–Trinajstić information content (AvgIpc) is 3.09. The molecule has 0 unspecified atom stereocenters. The quantitative estimate of drug-likeness (QED) is 0.134. The van der Waals surface area contributed by atoms with Gasteiger partial charge in [0.05, 0.1) is 29.5 Å². The van der Waals surface area contributed by atoms with Crippen molar-refractivity contribution in [3.63, 3.8) is 0 Å². The molecular formula is C38H38F6N2O3. The molecule has 0 bridgehead atoms. The van der Waals surface area contributed by atoms with Crippen molar-refractivity contribution >= 4 is 17.3 Å². The summed E-state index contributed by atoms with van der Waals surface area (Å²) in [5.41, 5.74) is -1.28. The first-order valence-corrected chi connectivity index (χ1v) is 16.1. The first-order valence-electron chi connectivity index (χ1n) is 16.1. The molecule has 1 aliphatic heterocycles. The molecule has 0 aromatic heterocycles. The number of rotatable bonds is 10. The SMILES string of the molecule is COc1c(N2CCC(O)(c3ccccc3)CC2)ccc(C(=O)N(C)c2cc(C(F)(F)F)cc(C(F)(F)F)c2)c1CCCCc1ccccc1. The van der Waals surface area contributed by atoms with E-state index < -0.39 is 40.7 Å². The molecule has 1 fully saturated rings. The maximum Gasteiger partial charge on any atom is 0.416 e. The number of aliphatic hydroxyl groups is 1. The highest BCUT2D eigenvalue weighted by molar-refractivity contribution is 6.07. The highest BCUT2D eigenvalue weighted by Crippen LogP contribution is 2.42. The Balaban J connectivity index is 1.48. The van der Waals surface area contributed by atoms with Gasteiger partial charge in [-0.2, -0.15) is 26.3 Å². The van der Waals surface area contributed by atoms with Crippen LogP contribution in [0.3, 0.4) is 0 Å². The zero-order valence-corrected chi connectivity index (χ0v) is 27.2. The number of anilines is 2. The van der Waals surface area contributed by atoms with Crippen LogP contribution < -0.4 is 14.5 Å². The van der Waals surface area contributed by atoms with Crippen LogP contribution in [0, 0.1) is 0 Å². The van der Waals surface area contributed by atoms with Gasteiger partial charge in [-0.1, -0.05) is 60.7 Å². The van der Waals surface area contributed by atoms with Crippen LogP contribution >= 0.6 is 0 Å². The Morgan fingerprint density at radius 2 is 1.37 bits per heavy atom. The first-order chi connectivity index (χ1) is 23.2. The molecule has 4 aromatic rings. The first kappa shape index (κ1) is 35.8. The molecule has 49 heavy (non-hydrogen) atoms. The van der Waals surface area contributed by atoms with Crippen molar-refractivity contribution in [2.24, 2.45) is 0 Å². The van der Waals surface area contributed by atoms with Crippen molar-refractivity contribution in [3.05, 3.63) is 124 Å². The van der Waals surface area contributed by atoms with Gasteiger partial charge in [-0.15, -0.1) is 0 Å². The number of halogens is 6. The summed E-state index contributed by atoms with van der Waals surface area (Å²) in [7, 11) is 2.63. The fraction of sp³-hybridized carbons (Fsp3) is 0.342. The molecule has 0 atom stereocenters. The summed E-state index contributed by atoms with van der Waals surface area (Å²) in [6, 6.07) is 23.6. The standard InChI is InChI=1S/C38H38F6N2O3/c1-45(30-24-28(37(39,40)41)23-29(25-30)38(42,43)44)35(47)32-17-18-33(46-21-19-36(48,20-22-46)27-14-7-4-8-15-27)34(49-2)31(32)16-10-9-13-26-11-5-3-6-12-26/h3-8,11-12,14-15,17-18,23-25,48H,9-10,13,16,19-22H2,1-2H3. The number of piperidine rings is 1. The monoisotopic (exact) mass is 684 g/mol. The number of methoxy groups -OCH3 is 1. The predicted octanol–water partition coefficient (Wildman–Crippen LogP) is 9.06. The zero-order chi connectivity index (χ0) is 35.4. The van der Waals surface area contributed by atoms with Gasteiger partial charge in [0.2, 0.25) is 0 Å². The largest absolute Gasteiger partial charge is 0.494 e. The number of carbonyl (C=O) groups is 1.